The van der Waals surface area contributed by atoms with Crippen molar-refractivity contribution < 1.29 is 31.5 Å². The molecule has 0 fully saturated rings. The molecule has 1 aromatic carbocycles. The van der Waals surface area contributed by atoms with Crippen molar-refractivity contribution in [2.24, 2.45) is 5.92 Å². The molecule has 1 aromatic rings. The highest BCUT2D eigenvalue weighted by atomic mass is 32.2. The monoisotopic (exact) mass is 388 g/mol. The van der Waals surface area contributed by atoms with Crippen LogP contribution in [0.2, 0.25) is 0 Å². The summed E-state index contributed by atoms with van der Waals surface area (Å²) < 4.78 is 52.3. The second-order valence-corrected chi connectivity index (χ2v) is 7.84. The van der Waals surface area contributed by atoms with Crippen molar-refractivity contribution in [3.63, 3.8) is 0 Å². The number of sulfone groups is 1. The molecule has 0 saturated heterocycles. The Hall–Kier alpha value is -2.54. The van der Waals surface area contributed by atoms with Gasteiger partial charge in [-0.15, -0.1) is 0 Å². The number of nitriles is 1. The summed E-state index contributed by atoms with van der Waals surface area (Å²) in [5, 5.41) is 11.6. The van der Waals surface area contributed by atoms with Crippen LogP contribution in [0.25, 0.3) is 0 Å². The maximum absolute atomic E-state index is 12.4. The van der Waals surface area contributed by atoms with Gasteiger partial charge in [-0.1, -0.05) is 13.8 Å². The minimum absolute atomic E-state index is 0.113. The van der Waals surface area contributed by atoms with Crippen LogP contribution in [0.15, 0.2) is 29.2 Å². The smallest absolute Gasteiger partial charge is 0.341 e. The van der Waals surface area contributed by atoms with E-state index in [0.717, 1.165) is 24.3 Å². The van der Waals surface area contributed by atoms with Crippen molar-refractivity contribution in [1.82, 2.24) is 5.32 Å². The van der Waals surface area contributed by atoms with Crippen molar-refractivity contribution in [3.8, 4) is 6.07 Å². The van der Waals surface area contributed by atoms with E-state index in [1.165, 1.54) is 6.92 Å². The average Bonchev–Trinajstić information content (AvgIpc) is 2.59. The summed E-state index contributed by atoms with van der Waals surface area (Å²) in [6.07, 6.45) is 0. The molecule has 10 heteroatoms. The Kier molecular flexibility index (Phi) is 6.80. The number of nitrogens with zero attached hydrogens (tertiary/aromatic N) is 1. The van der Waals surface area contributed by atoms with Gasteiger partial charge in [-0.3, -0.25) is 4.79 Å². The summed E-state index contributed by atoms with van der Waals surface area (Å²) in [4.78, 5) is 23.0. The maximum atomic E-state index is 12.4. The fourth-order valence-corrected chi connectivity index (χ4v) is 2.45. The van der Waals surface area contributed by atoms with Crippen LogP contribution < -0.4 is 5.32 Å². The minimum Gasteiger partial charge on any atom is -0.452 e. The van der Waals surface area contributed by atoms with Crippen LogP contribution in [0.1, 0.15) is 31.1 Å². The number of nitrogens with one attached hydrogen (secondary N) is 1. The van der Waals surface area contributed by atoms with Gasteiger partial charge in [-0.05, 0) is 37.1 Å². The molecule has 142 valence electrons. The molecule has 0 heterocycles. The summed E-state index contributed by atoms with van der Waals surface area (Å²) in [5.74, 6) is -5.38. The SMILES string of the molecule is CC(C)[C@@](C)(C#N)NC(=O)COC(=O)c1ccc(S(=O)(=O)C(F)F)cc1. The molecule has 0 spiro atoms. The van der Waals surface area contributed by atoms with E-state index in [4.69, 9.17) is 10.00 Å². The van der Waals surface area contributed by atoms with Crippen LogP contribution in [0.4, 0.5) is 8.78 Å². The summed E-state index contributed by atoms with van der Waals surface area (Å²) in [7, 11) is -4.76. The Morgan fingerprint density at radius 1 is 1.27 bits per heavy atom. The minimum atomic E-state index is -4.76. The molecule has 0 aliphatic heterocycles. The molecule has 7 nitrogen and oxygen atoms in total. The number of ether oxygens (including phenoxy) is 1. The number of carbonyl (C=O) groups excluding carboxylic acids is 2. The zero-order valence-electron chi connectivity index (χ0n) is 14.3. The quantitative estimate of drug-likeness (QED) is 0.714. The number of benzene rings is 1. The third-order valence-corrected chi connectivity index (χ3v) is 5.17. The third kappa shape index (κ3) is 4.98. The van der Waals surface area contributed by atoms with Crippen molar-refractivity contribution >= 4 is 21.7 Å². The lowest BCUT2D eigenvalue weighted by molar-refractivity contribution is -0.125. The van der Waals surface area contributed by atoms with Gasteiger partial charge in [-0.25, -0.2) is 13.2 Å². The van der Waals surface area contributed by atoms with E-state index in [1.54, 1.807) is 13.8 Å². The average molecular weight is 388 g/mol. The summed E-state index contributed by atoms with van der Waals surface area (Å²) >= 11 is 0. The van der Waals surface area contributed by atoms with Crippen LogP contribution in [0.5, 0.6) is 0 Å². The van der Waals surface area contributed by atoms with Gasteiger partial charge in [0.25, 0.3) is 5.91 Å². The number of halogens is 2. The van der Waals surface area contributed by atoms with Crippen molar-refractivity contribution in [2.45, 2.75) is 37.0 Å². The topological polar surface area (TPSA) is 113 Å². The second-order valence-electron chi connectivity index (χ2n) is 5.92. The fourth-order valence-electron chi connectivity index (χ4n) is 1.73. The van der Waals surface area contributed by atoms with Crippen molar-refractivity contribution in [2.75, 3.05) is 6.61 Å². The standard InChI is InChI=1S/C16H18F2N2O5S/c1-10(2)16(3,9-19)20-13(21)8-25-14(22)11-4-6-12(7-5-11)26(23,24)15(17)18/h4-7,10,15H,8H2,1-3H3,(H,20,21)/t16-/m1/s1. The molecule has 0 aliphatic carbocycles. The van der Waals surface area contributed by atoms with E-state index in [9.17, 15) is 26.8 Å². The third-order valence-electron chi connectivity index (χ3n) is 3.77. The highest BCUT2D eigenvalue weighted by Crippen LogP contribution is 2.19. The van der Waals surface area contributed by atoms with Gasteiger partial charge < -0.3 is 10.1 Å². The summed E-state index contributed by atoms with van der Waals surface area (Å²) in [5.41, 5.74) is -1.24. The van der Waals surface area contributed by atoms with Gasteiger partial charge in [0.1, 0.15) is 5.54 Å². The van der Waals surface area contributed by atoms with Crippen LogP contribution in [0.3, 0.4) is 0 Å². The Bertz CT molecular complexity index is 816. The largest absolute Gasteiger partial charge is 0.452 e. The second kappa shape index (κ2) is 8.23. The Morgan fingerprint density at radius 3 is 2.23 bits per heavy atom. The molecule has 0 unspecified atom stereocenters. The number of amides is 1. The molecule has 26 heavy (non-hydrogen) atoms. The molecule has 0 aliphatic rings. The maximum Gasteiger partial charge on any atom is 0.341 e. The normalized spacial score (nSPS) is 13.8. The molecule has 1 atom stereocenters. The molecule has 0 aromatic heterocycles. The van der Waals surface area contributed by atoms with E-state index < -0.39 is 44.5 Å². The molecular weight excluding hydrogens is 370 g/mol. The highest BCUT2D eigenvalue weighted by molar-refractivity contribution is 7.91. The van der Waals surface area contributed by atoms with Gasteiger partial charge in [-0.2, -0.15) is 14.0 Å². The van der Waals surface area contributed by atoms with E-state index >= 15 is 0 Å². The van der Waals surface area contributed by atoms with Gasteiger partial charge in [0.05, 0.1) is 16.5 Å². The number of hydrogen-bond acceptors (Lipinski definition) is 6. The van der Waals surface area contributed by atoms with Crippen LogP contribution in [-0.2, 0) is 19.4 Å². The number of alkyl halides is 2. The molecule has 1 amide bonds. The number of carbonyl (C=O) groups is 2. The highest BCUT2D eigenvalue weighted by Gasteiger charge is 2.30. The summed E-state index contributed by atoms with van der Waals surface area (Å²) in [6.45, 7) is 4.36. The number of hydrogen-bond donors (Lipinski definition) is 1. The van der Waals surface area contributed by atoms with Gasteiger partial charge >= 0.3 is 11.7 Å². The van der Waals surface area contributed by atoms with Crippen LogP contribution in [0, 0.1) is 17.2 Å². The molecule has 0 bridgehead atoms. The lowest BCUT2D eigenvalue weighted by atomic mass is 9.90. The number of esters is 1. The zero-order chi connectivity index (χ0) is 20.1. The zero-order valence-corrected chi connectivity index (χ0v) is 15.1. The van der Waals surface area contributed by atoms with E-state index in [0.29, 0.717) is 0 Å². The number of rotatable bonds is 7. The predicted molar refractivity (Wildman–Crippen MR) is 86.9 cm³/mol. The van der Waals surface area contributed by atoms with E-state index in [2.05, 4.69) is 5.32 Å². The van der Waals surface area contributed by atoms with Crippen molar-refractivity contribution in [1.29, 1.82) is 5.26 Å². The van der Waals surface area contributed by atoms with E-state index in [-0.39, 0.29) is 11.5 Å². The molecule has 0 saturated carbocycles. The lowest BCUT2D eigenvalue weighted by Crippen LogP contribution is -2.50. The lowest BCUT2D eigenvalue weighted by Gasteiger charge is -2.27. The van der Waals surface area contributed by atoms with E-state index in [1.807, 2.05) is 6.07 Å². The summed E-state index contributed by atoms with van der Waals surface area (Å²) in [6, 6.07) is 5.67. The van der Waals surface area contributed by atoms with Crippen LogP contribution >= 0.6 is 0 Å². The first-order valence-corrected chi connectivity index (χ1v) is 9.00. The van der Waals surface area contributed by atoms with Crippen molar-refractivity contribution in [3.05, 3.63) is 29.8 Å². The molecule has 0 radical (unpaired) electrons. The van der Waals surface area contributed by atoms with Crippen LogP contribution in [-0.4, -0.2) is 38.2 Å². The first kappa shape index (κ1) is 21.5. The first-order chi connectivity index (χ1) is 11.9. The fraction of sp³-hybridized carbons (Fsp3) is 0.438. The first-order valence-electron chi connectivity index (χ1n) is 7.45. The predicted octanol–water partition coefficient (Wildman–Crippen LogP) is 1.89. The Balaban J connectivity index is 2.72. The van der Waals surface area contributed by atoms with Gasteiger partial charge in [0, 0.05) is 0 Å². The van der Waals surface area contributed by atoms with Gasteiger partial charge in [0.15, 0.2) is 6.61 Å². The molecule has 1 rings (SSSR count). The Morgan fingerprint density at radius 2 is 1.81 bits per heavy atom. The molecule has 1 N–H and O–H groups in total. The Labute approximate surface area is 149 Å². The van der Waals surface area contributed by atoms with Gasteiger partial charge in [0.2, 0.25) is 9.84 Å². The molecular formula is C16H18F2N2O5S.